The van der Waals surface area contributed by atoms with Crippen LogP contribution in [0.4, 0.5) is 4.39 Å². The summed E-state index contributed by atoms with van der Waals surface area (Å²) < 4.78 is 19.3. The highest BCUT2D eigenvalue weighted by Crippen LogP contribution is 2.46. The summed E-state index contributed by atoms with van der Waals surface area (Å²) in [6.45, 7) is 3.51. The van der Waals surface area contributed by atoms with Crippen LogP contribution in [0.25, 0.3) is 0 Å². The number of aromatic nitrogens is 1. The lowest BCUT2D eigenvalue weighted by Gasteiger charge is -2.40. The number of Topliss-reactive ketones (excluding diaryl/α,β-unsaturated/α-hetero) is 1. The molecule has 2 rings (SSSR count). The number of allylic oxidation sites excluding steroid dienone is 1. The zero-order valence-corrected chi connectivity index (χ0v) is 13.5. The van der Waals surface area contributed by atoms with E-state index in [4.69, 9.17) is 4.74 Å². The van der Waals surface area contributed by atoms with Crippen LogP contribution in [-0.4, -0.2) is 17.9 Å². The van der Waals surface area contributed by atoms with Gasteiger partial charge in [-0.2, -0.15) is 5.26 Å². The molecule has 1 heterocycles. The Morgan fingerprint density at radius 3 is 2.71 bits per heavy atom. The van der Waals surface area contributed by atoms with Crippen molar-refractivity contribution in [2.45, 2.75) is 25.9 Å². The second-order valence-electron chi connectivity index (χ2n) is 5.64. The van der Waals surface area contributed by atoms with E-state index in [1.165, 1.54) is 19.3 Å². The highest BCUT2D eigenvalue weighted by Gasteiger charge is 2.48. The average Bonchev–Trinajstić information content (AvgIpc) is 2.41. The largest absolute Gasteiger partial charge is 0.368 e. The van der Waals surface area contributed by atoms with Crippen LogP contribution >= 0.6 is 15.9 Å². The molecule has 0 saturated heterocycles. The summed E-state index contributed by atoms with van der Waals surface area (Å²) in [6, 6.07) is 3.20. The summed E-state index contributed by atoms with van der Waals surface area (Å²) in [7, 11) is 1.48. The van der Waals surface area contributed by atoms with E-state index in [2.05, 4.69) is 20.9 Å². The first-order chi connectivity index (χ1) is 9.75. The Balaban J connectivity index is 2.69. The second kappa shape index (κ2) is 5.32. The Hall–Kier alpha value is -1.58. The number of hydrogen-bond donors (Lipinski definition) is 0. The number of halogens is 2. The lowest BCUT2D eigenvalue weighted by molar-refractivity contribution is -0.128. The molecule has 0 unspecified atom stereocenters. The van der Waals surface area contributed by atoms with Crippen molar-refractivity contribution < 1.29 is 13.9 Å². The summed E-state index contributed by atoms with van der Waals surface area (Å²) in [5.74, 6) is -0.705. The predicted octanol–water partition coefficient (Wildman–Crippen LogP) is 3.27. The number of carbonyl (C=O) groups excluding carboxylic acids is 1. The molecule has 110 valence electrons. The molecule has 0 bridgehead atoms. The fourth-order valence-corrected chi connectivity index (χ4v) is 3.30. The number of nitriles is 1. The maximum atomic E-state index is 13.2. The van der Waals surface area contributed by atoms with Crippen LogP contribution in [0, 0.1) is 22.6 Å². The second-order valence-corrected chi connectivity index (χ2v) is 6.49. The lowest BCUT2D eigenvalue weighted by Crippen LogP contribution is -2.42. The van der Waals surface area contributed by atoms with Crippen LogP contribution in [0.5, 0.6) is 0 Å². The summed E-state index contributed by atoms with van der Waals surface area (Å²) in [6.07, 6.45) is 2.88. The average molecular weight is 353 g/mol. The molecule has 0 fully saturated rings. The van der Waals surface area contributed by atoms with Crippen LogP contribution in [0.2, 0.25) is 0 Å². The SMILES string of the molecule is CO[C@]1(c2ncc(F)cc2Br)C=C(C#N)C(=O)C(C)(C)C1. The topological polar surface area (TPSA) is 63.0 Å². The van der Waals surface area contributed by atoms with Gasteiger partial charge in [0.15, 0.2) is 5.78 Å². The smallest absolute Gasteiger partial charge is 0.178 e. The normalized spacial score (nSPS) is 24.4. The third-order valence-electron chi connectivity index (χ3n) is 3.63. The molecule has 0 radical (unpaired) electrons. The molecule has 1 aliphatic rings. The Labute approximate surface area is 130 Å². The van der Waals surface area contributed by atoms with Gasteiger partial charge in [0.05, 0.1) is 17.5 Å². The molecule has 0 aromatic carbocycles. The third-order valence-corrected chi connectivity index (χ3v) is 4.24. The number of ether oxygens (including phenoxy) is 1. The zero-order chi connectivity index (χ0) is 15.8. The maximum absolute atomic E-state index is 13.2. The molecule has 4 nitrogen and oxygen atoms in total. The molecule has 1 aromatic heterocycles. The van der Waals surface area contributed by atoms with E-state index < -0.39 is 16.8 Å². The highest BCUT2D eigenvalue weighted by atomic mass is 79.9. The van der Waals surface area contributed by atoms with Crippen LogP contribution in [0.15, 0.2) is 28.4 Å². The van der Waals surface area contributed by atoms with Crippen LogP contribution in [0.1, 0.15) is 26.0 Å². The summed E-state index contributed by atoms with van der Waals surface area (Å²) in [4.78, 5) is 16.3. The first-order valence-electron chi connectivity index (χ1n) is 6.30. The van der Waals surface area contributed by atoms with Gasteiger partial charge in [-0.3, -0.25) is 9.78 Å². The van der Waals surface area contributed by atoms with Crippen molar-refractivity contribution in [2.24, 2.45) is 5.41 Å². The molecule has 0 amide bonds. The molecular weight excluding hydrogens is 339 g/mol. The van der Waals surface area contributed by atoms with Crippen LogP contribution < -0.4 is 0 Å². The minimum atomic E-state index is -1.05. The first kappa shape index (κ1) is 15.8. The van der Waals surface area contributed by atoms with Crippen LogP contribution in [-0.2, 0) is 15.1 Å². The molecule has 1 aromatic rings. The van der Waals surface area contributed by atoms with Gasteiger partial charge < -0.3 is 4.74 Å². The first-order valence-corrected chi connectivity index (χ1v) is 7.09. The number of methoxy groups -OCH3 is 1. The third kappa shape index (κ3) is 2.63. The van der Waals surface area contributed by atoms with E-state index >= 15 is 0 Å². The number of hydrogen-bond acceptors (Lipinski definition) is 4. The van der Waals surface area contributed by atoms with Crippen molar-refractivity contribution in [1.29, 1.82) is 5.26 Å². The molecule has 0 N–H and O–H groups in total. The Bertz CT molecular complexity index is 679. The number of ketones is 1. The van der Waals surface area contributed by atoms with Crippen LogP contribution in [0.3, 0.4) is 0 Å². The standard InChI is InChI=1S/C15H14BrFN2O2/c1-14(2)8-15(21-3,5-9(6-18)13(14)20)12-11(16)4-10(17)7-19-12/h4-5,7H,8H2,1-3H3/t15-/m1/s1. The number of pyridine rings is 1. The van der Waals surface area contributed by atoms with Crippen molar-refractivity contribution in [3.8, 4) is 6.07 Å². The maximum Gasteiger partial charge on any atom is 0.178 e. The van der Waals surface area contributed by atoms with Gasteiger partial charge in [0.1, 0.15) is 17.5 Å². The van der Waals surface area contributed by atoms with E-state index in [0.717, 1.165) is 6.20 Å². The molecule has 0 aliphatic heterocycles. The minimum Gasteiger partial charge on any atom is -0.368 e. The summed E-state index contributed by atoms with van der Waals surface area (Å²) in [5.41, 5.74) is -1.34. The van der Waals surface area contributed by atoms with Gasteiger partial charge in [0.25, 0.3) is 0 Å². The fourth-order valence-electron chi connectivity index (χ4n) is 2.64. The van der Waals surface area contributed by atoms with Crippen molar-refractivity contribution in [1.82, 2.24) is 4.98 Å². The predicted molar refractivity (Wildman–Crippen MR) is 77.7 cm³/mol. The van der Waals surface area contributed by atoms with Crippen molar-refractivity contribution in [2.75, 3.05) is 7.11 Å². The van der Waals surface area contributed by atoms with E-state index in [1.54, 1.807) is 13.8 Å². The van der Waals surface area contributed by atoms with Crippen molar-refractivity contribution in [3.63, 3.8) is 0 Å². The monoisotopic (exact) mass is 352 g/mol. The van der Waals surface area contributed by atoms with Gasteiger partial charge in [0.2, 0.25) is 0 Å². The molecule has 1 aliphatic carbocycles. The molecule has 0 saturated carbocycles. The van der Waals surface area contributed by atoms with Gasteiger partial charge in [-0.1, -0.05) is 13.8 Å². The molecule has 21 heavy (non-hydrogen) atoms. The Morgan fingerprint density at radius 2 is 2.19 bits per heavy atom. The van der Waals surface area contributed by atoms with E-state index in [-0.39, 0.29) is 11.4 Å². The Kier molecular flexibility index (Phi) is 4.00. The molecular formula is C15H14BrFN2O2. The molecule has 6 heteroatoms. The minimum absolute atomic E-state index is 0.0334. The summed E-state index contributed by atoms with van der Waals surface area (Å²) in [5, 5.41) is 9.19. The van der Waals surface area contributed by atoms with Crippen molar-refractivity contribution >= 4 is 21.7 Å². The van der Waals surface area contributed by atoms with E-state index in [9.17, 15) is 14.4 Å². The zero-order valence-electron chi connectivity index (χ0n) is 11.9. The number of nitrogens with zero attached hydrogens (tertiary/aromatic N) is 2. The quantitative estimate of drug-likeness (QED) is 0.819. The van der Waals surface area contributed by atoms with Crippen molar-refractivity contribution in [3.05, 3.63) is 39.9 Å². The number of rotatable bonds is 2. The molecule has 1 atom stereocenters. The van der Waals surface area contributed by atoms with Gasteiger partial charge in [0, 0.05) is 17.0 Å². The number of carbonyl (C=O) groups is 1. The fraction of sp³-hybridized carbons (Fsp3) is 0.400. The lowest BCUT2D eigenvalue weighted by atomic mass is 9.68. The van der Waals surface area contributed by atoms with E-state index in [1.807, 2.05) is 6.07 Å². The van der Waals surface area contributed by atoms with E-state index in [0.29, 0.717) is 16.6 Å². The Morgan fingerprint density at radius 1 is 1.52 bits per heavy atom. The van der Waals surface area contributed by atoms with Gasteiger partial charge in [-0.25, -0.2) is 4.39 Å². The highest BCUT2D eigenvalue weighted by molar-refractivity contribution is 9.10. The van der Waals surface area contributed by atoms with Gasteiger partial charge >= 0.3 is 0 Å². The summed E-state index contributed by atoms with van der Waals surface area (Å²) >= 11 is 3.27. The van der Waals surface area contributed by atoms with Gasteiger partial charge in [-0.15, -0.1) is 0 Å². The van der Waals surface area contributed by atoms with Gasteiger partial charge in [-0.05, 0) is 34.5 Å². The molecule has 0 spiro atoms.